The molecule has 0 aliphatic carbocycles. The van der Waals surface area contributed by atoms with Crippen LogP contribution in [0.5, 0.6) is 23.0 Å². The number of carbonyl (C=O) groups excluding carboxylic acids is 2. The molecule has 0 saturated heterocycles. The van der Waals surface area contributed by atoms with Gasteiger partial charge < -0.3 is 20.1 Å². The van der Waals surface area contributed by atoms with Gasteiger partial charge in [0.05, 0.1) is 13.5 Å². The van der Waals surface area contributed by atoms with Crippen molar-refractivity contribution in [2.45, 2.75) is 19.3 Å². The number of benzene rings is 2. The standard InChI is InChI=1S/C20H20O6/c1-26-20-11-14(5-9-18(20)24)3-7-16(22)12-15(21)6-2-13-4-8-17(23)19(25)10-13/h3-5,7-11,23-25H,2,6,12H2,1H3. The highest BCUT2D eigenvalue weighted by molar-refractivity contribution is 6.06. The van der Waals surface area contributed by atoms with Crippen molar-refractivity contribution in [2.24, 2.45) is 0 Å². The predicted octanol–water partition coefficient (Wildman–Crippen LogP) is 2.99. The Morgan fingerprint density at radius 1 is 1.00 bits per heavy atom. The maximum Gasteiger partial charge on any atom is 0.163 e. The lowest BCUT2D eigenvalue weighted by Gasteiger charge is -2.04. The maximum atomic E-state index is 11.9. The van der Waals surface area contributed by atoms with Crippen LogP contribution in [0.1, 0.15) is 24.0 Å². The van der Waals surface area contributed by atoms with Gasteiger partial charge in [0.2, 0.25) is 0 Å². The zero-order valence-electron chi connectivity index (χ0n) is 14.3. The molecule has 0 spiro atoms. The van der Waals surface area contributed by atoms with Gasteiger partial charge in [0.15, 0.2) is 28.8 Å². The molecule has 0 amide bonds. The van der Waals surface area contributed by atoms with Crippen molar-refractivity contribution in [3.63, 3.8) is 0 Å². The molecule has 2 aromatic carbocycles. The van der Waals surface area contributed by atoms with E-state index in [9.17, 15) is 24.9 Å². The van der Waals surface area contributed by atoms with Crippen molar-refractivity contribution in [1.29, 1.82) is 0 Å². The Morgan fingerprint density at radius 3 is 2.42 bits per heavy atom. The third-order valence-electron chi connectivity index (χ3n) is 3.77. The molecule has 3 N–H and O–H groups in total. The van der Waals surface area contributed by atoms with Crippen molar-refractivity contribution in [1.82, 2.24) is 0 Å². The zero-order valence-corrected chi connectivity index (χ0v) is 14.3. The highest BCUT2D eigenvalue weighted by Crippen LogP contribution is 2.27. The number of methoxy groups -OCH3 is 1. The van der Waals surface area contributed by atoms with Gasteiger partial charge >= 0.3 is 0 Å². The van der Waals surface area contributed by atoms with Gasteiger partial charge in [-0.05, 0) is 47.9 Å². The molecule has 0 radical (unpaired) electrons. The summed E-state index contributed by atoms with van der Waals surface area (Å²) in [6, 6.07) is 9.03. The Bertz CT molecular complexity index is 838. The van der Waals surface area contributed by atoms with Crippen LogP contribution in [0.4, 0.5) is 0 Å². The number of allylic oxidation sites excluding steroid dienone is 1. The minimum absolute atomic E-state index is 0.00595. The number of rotatable bonds is 8. The molecule has 0 unspecified atom stereocenters. The summed E-state index contributed by atoms with van der Waals surface area (Å²) in [5.74, 6) is -0.685. The van der Waals surface area contributed by atoms with Gasteiger partial charge in [0, 0.05) is 6.42 Å². The number of phenolic OH excluding ortho intramolecular Hbond substituents is 3. The molecule has 0 fully saturated rings. The molecule has 0 aliphatic heterocycles. The van der Waals surface area contributed by atoms with Gasteiger partial charge in [-0.15, -0.1) is 0 Å². The van der Waals surface area contributed by atoms with Crippen LogP contribution in [-0.4, -0.2) is 34.0 Å². The molecule has 6 heteroatoms. The first-order chi connectivity index (χ1) is 12.4. The number of aryl methyl sites for hydroxylation is 1. The first-order valence-corrected chi connectivity index (χ1v) is 7.99. The average Bonchev–Trinajstić information content (AvgIpc) is 2.62. The minimum Gasteiger partial charge on any atom is -0.504 e. The van der Waals surface area contributed by atoms with E-state index >= 15 is 0 Å². The van der Waals surface area contributed by atoms with Crippen LogP contribution in [-0.2, 0) is 16.0 Å². The highest BCUT2D eigenvalue weighted by Gasteiger charge is 2.09. The molecule has 0 saturated carbocycles. The lowest BCUT2D eigenvalue weighted by Crippen LogP contribution is -2.06. The lowest BCUT2D eigenvalue weighted by molar-refractivity contribution is -0.124. The van der Waals surface area contributed by atoms with Gasteiger partial charge in [0.1, 0.15) is 5.78 Å². The van der Waals surface area contributed by atoms with Crippen LogP contribution in [0.25, 0.3) is 6.08 Å². The molecule has 0 atom stereocenters. The molecule has 0 aromatic heterocycles. The molecule has 0 aliphatic rings. The van der Waals surface area contributed by atoms with Crippen molar-refractivity contribution in [3.8, 4) is 23.0 Å². The van der Waals surface area contributed by atoms with Crippen molar-refractivity contribution >= 4 is 17.6 Å². The van der Waals surface area contributed by atoms with E-state index in [1.807, 2.05) is 0 Å². The number of Topliss-reactive ketones (excluding diaryl/α,β-unsaturated/α-hetero) is 1. The Hall–Kier alpha value is -3.28. The van der Waals surface area contributed by atoms with Gasteiger partial charge in [-0.2, -0.15) is 0 Å². The van der Waals surface area contributed by atoms with E-state index in [0.717, 1.165) is 0 Å². The molecule has 2 rings (SSSR count). The van der Waals surface area contributed by atoms with E-state index in [1.54, 1.807) is 24.3 Å². The van der Waals surface area contributed by atoms with E-state index in [-0.39, 0.29) is 41.7 Å². The fourth-order valence-corrected chi connectivity index (χ4v) is 2.34. The van der Waals surface area contributed by atoms with Crippen LogP contribution in [0.3, 0.4) is 0 Å². The normalized spacial score (nSPS) is 10.8. The monoisotopic (exact) mass is 356 g/mol. The topological polar surface area (TPSA) is 104 Å². The molecular formula is C20H20O6. The number of hydrogen-bond acceptors (Lipinski definition) is 6. The molecule has 6 nitrogen and oxygen atoms in total. The van der Waals surface area contributed by atoms with E-state index in [1.165, 1.54) is 31.4 Å². The molecular weight excluding hydrogens is 336 g/mol. The van der Waals surface area contributed by atoms with Gasteiger partial charge in [0.25, 0.3) is 0 Å². The summed E-state index contributed by atoms with van der Waals surface area (Å²) in [5.41, 5.74) is 1.37. The number of ether oxygens (including phenoxy) is 1. The van der Waals surface area contributed by atoms with Crippen molar-refractivity contribution < 1.29 is 29.6 Å². The third kappa shape index (κ3) is 5.37. The zero-order chi connectivity index (χ0) is 19.1. The van der Waals surface area contributed by atoms with Crippen molar-refractivity contribution in [3.05, 3.63) is 53.6 Å². The summed E-state index contributed by atoms with van der Waals surface area (Å²) < 4.78 is 4.99. The van der Waals surface area contributed by atoms with E-state index in [2.05, 4.69) is 0 Å². The Kier molecular flexibility index (Phi) is 6.38. The van der Waals surface area contributed by atoms with Crippen LogP contribution >= 0.6 is 0 Å². The van der Waals surface area contributed by atoms with E-state index in [4.69, 9.17) is 4.74 Å². The van der Waals surface area contributed by atoms with Gasteiger partial charge in [-0.3, -0.25) is 9.59 Å². The maximum absolute atomic E-state index is 11.9. The molecule has 0 heterocycles. The fraction of sp³-hybridized carbons (Fsp3) is 0.200. The van der Waals surface area contributed by atoms with Crippen molar-refractivity contribution in [2.75, 3.05) is 7.11 Å². The lowest BCUT2D eigenvalue weighted by atomic mass is 10.0. The summed E-state index contributed by atoms with van der Waals surface area (Å²) >= 11 is 0. The molecule has 26 heavy (non-hydrogen) atoms. The first-order valence-electron chi connectivity index (χ1n) is 7.99. The number of hydrogen-bond donors (Lipinski definition) is 3. The summed E-state index contributed by atoms with van der Waals surface area (Å²) in [5, 5.41) is 28.2. The fourth-order valence-electron chi connectivity index (χ4n) is 2.34. The Morgan fingerprint density at radius 2 is 1.73 bits per heavy atom. The predicted molar refractivity (Wildman–Crippen MR) is 96.4 cm³/mol. The number of carbonyl (C=O) groups is 2. The first kappa shape index (κ1) is 19.1. The van der Waals surface area contributed by atoms with Crippen LogP contribution < -0.4 is 4.74 Å². The number of aromatic hydroxyl groups is 3. The highest BCUT2D eigenvalue weighted by atomic mass is 16.5. The van der Waals surface area contributed by atoms with E-state index < -0.39 is 0 Å². The molecule has 0 bridgehead atoms. The SMILES string of the molecule is COc1cc(C=CC(=O)CC(=O)CCc2ccc(O)c(O)c2)ccc1O. The smallest absolute Gasteiger partial charge is 0.163 e. The quantitative estimate of drug-likeness (QED) is 0.382. The molecule has 2 aromatic rings. The second-order valence-corrected chi connectivity index (χ2v) is 5.77. The summed E-state index contributed by atoms with van der Waals surface area (Å²) in [4.78, 5) is 23.8. The Labute approximate surface area is 151 Å². The van der Waals surface area contributed by atoms with Gasteiger partial charge in [-0.25, -0.2) is 0 Å². The van der Waals surface area contributed by atoms with Crippen LogP contribution in [0.15, 0.2) is 42.5 Å². The average molecular weight is 356 g/mol. The molecule has 136 valence electrons. The van der Waals surface area contributed by atoms with Crippen LogP contribution in [0.2, 0.25) is 0 Å². The number of ketones is 2. The number of phenols is 3. The summed E-state index contributed by atoms with van der Waals surface area (Å²) in [6.45, 7) is 0. The summed E-state index contributed by atoms with van der Waals surface area (Å²) in [7, 11) is 1.43. The minimum atomic E-state index is -0.324. The second-order valence-electron chi connectivity index (χ2n) is 5.77. The summed E-state index contributed by atoms with van der Waals surface area (Å²) in [6.07, 6.45) is 3.19. The van der Waals surface area contributed by atoms with Crippen LogP contribution in [0, 0.1) is 0 Å². The van der Waals surface area contributed by atoms with E-state index in [0.29, 0.717) is 23.3 Å². The Balaban J connectivity index is 1.86. The largest absolute Gasteiger partial charge is 0.504 e. The third-order valence-corrected chi connectivity index (χ3v) is 3.77. The second kappa shape index (κ2) is 8.71. The van der Waals surface area contributed by atoms with Gasteiger partial charge in [-0.1, -0.05) is 18.2 Å².